The third kappa shape index (κ3) is 4.78. The van der Waals surface area contributed by atoms with E-state index >= 15 is 0 Å². The first-order valence-corrected chi connectivity index (χ1v) is 6.97. The number of hydrogen-bond donors (Lipinski definition) is 1. The van der Waals surface area contributed by atoms with Crippen LogP contribution < -0.4 is 0 Å². The Morgan fingerprint density at radius 1 is 1.41 bits per heavy atom. The van der Waals surface area contributed by atoms with Crippen molar-refractivity contribution in [2.75, 3.05) is 13.6 Å². The maximum Gasteiger partial charge on any atom is 0.0802 e. The van der Waals surface area contributed by atoms with Crippen molar-refractivity contribution in [1.82, 2.24) is 4.90 Å². The van der Waals surface area contributed by atoms with Crippen molar-refractivity contribution in [1.29, 1.82) is 0 Å². The minimum atomic E-state index is -0.376. The average Bonchev–Trinajstić information content (AvgIpc) is 2.34. The summed E-state index contributed by atoms with van der Waals surface area (Å²) in [6.07, 6.45) is 1.54. The molecule has 0 spiro atoms. The van der Waals surface area contributed by atoms with Crippen LogP contribution in [0.25, 0.3) is 0 Å². The quantitative estimate of drug-likeness (QED) is 0.867. The number of aliphatic hydroxyl groups is 1. The summed E-state index contributed by atoms with van der Waals surface area (Å²) in [5.74, 6) is 0. The Hall–Kier alpha value is -0.380. The highest BCUT2D eigenvalue weighted by molar-refractivity contribution is 9.10. The Morgan fingerprint density at radius 2 is 2.12 bits per heavy atom. The van der Waals surface area contributed by atoms with E-state index < -0.39 is 0 Å². The van der Waals surface area contributed by atoms with Gasteiger partial charge in [-0.25, -0.2) is 0 Å². The molecule has 0 aliphatic carbocycles. The molecular weight excluding hydrogens is 278 g/mol. The molecule has 17 heavy (non-hydrogen) atoms. The minimum Gasteiger partial charge on any atom is -0.388 e. The van der Waals surface area contributed by atoms with Crippen LogP contribution in [0.3, 0.4) is 0 Å². The normalized spacial score (nSPS) is 14.9. The van der Waals surface area contributed by atoms with Gasteiger partial charge in [-0.05, 0) is 44.5 Å². The zero-order valence-corrected chi connectivity index (χ0v) is 12.4. The lowest BCUT2D eigenvalue weighted by molar-refractivity contribution is 0.138. The van der Waals surface area contributed by atoms with E-state index in [1.807, 2.05) is 24.3 Å². The molecule has 0 heterocycles. The fourth-order valence-corrected chi connectivity index (χ4v) is 2.16. The van der Waals surface area contributed by atoms with Crippen molar-refractivity contribution in [3.63, 3.8) is 0 Å². The predicted octanol–water partition coefficient (Wildman–Crippen LogP) is 3.60. The average molecular weight is 300 g/mol. The summed E-state index contributed by atoms with van der Waals surface area (Å²) in [6, 6.07) is 8.46. The number of halogens is 1. The molecule has 1 aromatic carbocycles. The van der Waals surface area contributed by atoms with E-state index in [1.54, 1.807) is 0 Å². The van der Waals surface area contributed by atoms with Gasteiger partial charge in [-0.15, -0.1) is 0 Å². The number of benzene rings is 1. The van der Waals surface area contributed by atoms with Crippen LogP contribution in [0.1, 0.15) is 38.4 Å². The van der Waals surface area contributed by atoms with Gasteiger partial charge in [-0.1, -0.05) is 35.0 Å². The first-order chi connectivity index (χ1) is 8.04. The van der Waals surface area contributed by atoms with E-state index in [2.05, 4.69) is 41.7 Å². The lowest BCUT2D eigenvalue weighted by Gasteiger charge is -2.24. The summed E-state index contributed by atoms with van der Waals surface area (Å²) in [7, 11) is 2.11. The molecule has 1 rings (SSSR count). The van der Waals surface area contributed by atoms with Gasteiger partial charge < -0.3 is 10.0 Å². The van der Waals surface area contributed by atoms with Gasteiger partial charge in [-0.3, -0.25) is 0 Å². The largest absolute Gasteiger partial charge is 0.388 e. The Balaban J connectivity index is 2.47. The van der Waals surface area contributed by atoms with Crippen LogP contribution in [-0.2, 0) is 0 Å². The third-order valence-electron chi connectivity index (χ3n) is 3.33. The highest BCUT2D eigenvalue weighted by Crippen LogP contribution is 2.21. The van der Waals surface area contributed by atoms with E-state index in [9.17, 15) is 5.11 Å². The Labute approximate surface area is 113 Å². The molecular formula is C14H22BrNO. The zero-order chi connectivity index (χ0) is 12.8. The number of aliphatic hydroxyl groups excluding tert-OH is 1. The van der Waals surface area contributed by atoms with Crippen molar-refractivity contribution in [2.24, 2.45) is 0 Å². The standard InChI is InChI=1S/C14H22BrNO/c1-4-11(2)16(3)9-8-14(17)12-6-5-7-13(15)10-12/h5-7,10-11,14,17H,4,8-9H2,1-3H3. The van der Waals surface area contributed by atoms with E-state index in [0.29, 0.717) is 6.04 Å². The summed E-state index contributed by atoms with van der Waals surface area (Å²) in [5.41, 5.74) is 0.983. The van der Waals surface area contributed by atoms with Gasteiger partial charge in [0.15, 0.2) is 0 Å². The molecule has 2 unspecified atom stereocenters. The summed E-state index contributed by atoms with van der Waals surface area (Å²) < 4.78 is 1.02. The first-order valence-electron chi connectivity index (χ1n) is 6.18. The highest BCUT2D eigenvalue weighted by atomic mass is 79.9. The second kappa shape index (κ2) is 7.14. The van der Waals surface area contributed by atoms with Crippen molar-refractivity contribution in [3.05, 3.63) is 34.3 Å². The lowest BCUT2D eigenvalue weighted by atomic mass is 10.1. The molecule has 3 heteroatoms. The first kappa shape index (κ1) is 14.7. The third-order valence-corrected chi connectivity index (χ3v) is 3.83. The van der Waals surface area contributed by atoms with Gasteiger partial charge in [0.1, 0.15) is 0 Å². The van der Waals surface area contributed by atoms with Crippen molar-refractivity contribution in [2.45, 2.75) is 38.8 Å². The number of hydrogen-bond acceptors (Lipinski definition) is 2. The Kier molecular flexibility index (Phi) is 6.17. The van der Waals surface area contributed by atoms with Crippen LogP contribution in [0.4, 0.5) is 0 Å². The molecule has 96 valence electrons. The second-order valence-corrected chi connectivity index (χ2v) is 5.51. The zero-order valence-electron chi connectivity index (χ0n) is 10.9. The molecule has 0 aliphatic rings. The van der Waals surface area contributed by atoms with Crippen LogP contribution in [0.5, 0.6) is 0 Å². The summed E-state index contributed by atoms with van der Waals surface area (Å²) in [4.78, 5) is 2.29. The molecule has 2 atom stereocenters. The van der Waals surface area contributed by atoms with E-state index in [4.69, 9.17) is 0 Å². The van der Waals surface area contributed by atoms with Crippen molar-refractivity contribution < 1.29 is 5.11 Å². The van der Waals surface area contributed by atoms with Gasteiger partial charge in [0, 0.05) is 17.1 Å². The van der Waals surface area contributed by atoms with Crippen LogP contribution in [-0.4, -0.2) is 29.6 Å². The molecule has 0 aromatic heterocycles. The van der Waals surface area contributed by atoms with E-state index in [-0.39, 0.29) is 6.10 Å². The fraction of sp³-hybridized carbons (Fsp3) is 0.571. The molecule has 2 nitrogen and oxygen atoms in total. The minimum absolute atomic E-state index is 0.376. The predicted molar refractivity (Wildman–Crippen MR) is 76.1 cm³/mol. The van der Waals surface area contributed by atoms with Gasteiger partial charge in [0.05, 0.1) is 6.10 Å². The molecule has 0 amide bonds. The molecule has 1 aromatic rings. The van der Waals surface area contributed by atoms with Crippen LogP contribution >= 0.6 is 15.9 Å². The molecule has 0 saturated heterocycles. The van der Waals surface area contributed by atoms with E-state index in [0.717, 1.165) is 29.4 Å². The van der Waals surface area contributed by atoms with Crippen LogP contribution in [0.2, 0.25) is 0 Å². The van der Waals surface area contributed by atoms with Crippen LogP contribution in [0.15, 0.2) is 28.7 Å². The second-order valence-electron chi connectivity index (χ2n) is 4.60. The maximum absolute atomic E-state index is 10.1. The van der Waals surface area contributed by atoms with Crippen LogP contribution in [0, 0.1) is 0 Å². The lowest BCUT2D eigenvalue weighted by Crippen LogP contribution is -2.30. The Bertz CT molecular complexity index is 343. The molecule has 0 aliphatic heterocycles. The molecule has 0 radical (unpaired) electrons. The SMILES string of the molecule is CCC(C)N(C)CCC(O)c1cccc(Br)c1. The number of rotatable bonds is 6. The monoisotopic (exact) mass is 299 g/mol. The van der Waals surface area contributed by atoms with Gasteiger partial charge >= 0.3 is 0 Å². The van der Waals surface area contributed by atoms with Gasteiger partial charge in [0.2, 0.25) is 0 Å². The van der Waals surface area contributed by atoms with E-state index in [1.165, 1.54) is 0 Å². The summed E-state index contributed by atoms with van der Waals surface area (Å²) >= 11 is 3.42. The Morgan fingerprint density at radius 3 is 2.71 bits per heavy atom. The molecule has 0 fully saturated rings. The molecule has 0 bridgehead atoms. The maximum atomic E-state index is 10.1. The highest BCUT2D eigenvalue weighted by Gasteiger charge is 2.11. The number of nitrogens with zero attached hydrogens (tertiary/aromatic N) is 1. The summed E-state index contributed by atoms with van der Waals surface area (Å²) in [5, 5.41) is 10.1. The topological polar surface area (TPSA) is 23.5 Å². The van der Waals surface area contributed by atoms with Gasteiger partial charge in [0.25, 0.3) is 0 Å². The van der Waals surface area contributed by atoms with Crippen molar-refractivity contribution >= 4 is 15.9 Å². The van der Waals surface area contributed by atoms with Gasteiger partial charge in [-0.2, -0.15) is 0 Å². The smallest absolute Gasteiger partial charge is 0.0802 e. The fourth-order valence-electron chi connectivity index (χ4n) is 1.74. The summed E-state index contributed by atoms with van der Waals surface area (Å²) in [6.45, 7) is 5.32. The molecule has 1 N–H and O–H groups in total. The van der Waals surface area contributed by atoms with Crippen molar-refractivity contribution in [3.8, 4) is 0 Å². The molecule has 0 saturated carbocycles.